The van der Waals surface area contributed by atoms with Crippen molar-refractivity contribution in [1.82, 2.24) is 4.98 Å². The third-order valence-electron chi connectivity index (χ3n) is 2.39. The summed E-state index contributed by atoms with van der Waals surface area (Å²) in [5.74, 6) is -0.690. The number of rotatable bonds is 2. The van der Waals surface area contributed by atoms with E-state index in [2.05, 4.69) is 4.98 Å². The fourth-order valence-corrected chi connectivity index (χ4v) is 2.74. The van der Waals surface area contributed by atoms with Gasteiger partial charge < -0.3 is 5.73 Å². The summed E-state index contributed by atoms with van der Waals surface area (Å²) in [6.45, 7) is 0. The summed E-state index contributed by atoms with van der Waals surface area (Å²) in [6, 6.07) is 3.02. The molecule has 0 spiro atoms. The van der Waals surface area contributed by atoms with E-state index in [9.17, 15) is 17.6 Å². The molecule has 0 bridgehead atoms. The van der Waals surface area contributed by atoms with E-state index in [1.807, 2.05) is 0 Å². The molecule has 1 aromatic carbocycles. The van der Waals surface area contributed by atoms with Crippen molar-refractivity contribution in [3.63, 3.8) is 0 Å². The van der Waals surface area contributed by atoms with E-state index in [0.29, 0.717) is 6.20 Å². The topological polar surface area (TPSA) is 38.9 Å². The number of halogens is 6. The first-order valence-corrected chi connectivity index (χ1v) is 6.91. The predicted octanol–water partition coefficient (Wildman–Crippen LogP) is 5.28. The Morgan fingerprint density at radius 2 is 1.76 bits per heavy atom. The molecule has 2 nitrogen and oxygen atoms in total. The Kier molecular flexibility index (Phi) is 4.55. The molecule has 0 atom stereocenters. The number of nitrogens with two attached hydrogens (primary N) is 1. The van der Waals surface area contributed by atoms with Gasteiger partial charge in [0.1, 0.15) is 10.8 Å². The first kappa shape index (κ1) is 16.2. The second kappa shape index (κ2) is 5.90. The third-order valence-corrected chi connectivity index (χ3v) is 4.29. The normalized spacial score (nSPS) is 11.7. The van der Waals surface area contributed by atoms with Gasteiger partial charge in [-0.2, -0.15) is 13.2 Å². The maximum absolute atomic E-state index is 13.4. The highest BCUT2D eigenvalue weighted by Gasteiger charge is 2.31. The highest BCUT2D eigenvalue weighted by Crippen LogP contribution is 2.39. The lowest BCUT2D eigenvalue weighted by molar-refractivity contribution is -0.137. The molecule has 21 heavy (non-hydrogen) atoms. The predicted molar refractivity (Wildman–Crippen MR) is 74.2 cm³/mol. The Morgan fingerprint density at radius 1 is 1.10 bits per heavy atom. The van der Waals surface area contributed by atoms with Crippen molar-refractivity contribution in [2.24, 2.45) is 0 Å². The summed E-state index contributed by atoms with van der Waals surface area (Å²) in [6.07, 6.45) is -3.89. The van der Waals surface area contributed by atoms with Crippen LogP contribution in [0.3, 0.4) is 0 Å². The Bertz CT molecular complexity index is 692. The fourth-order valence-electron chi connectivity index (χ4n) is 1.38. The molecule has 2 N–H and O–H groups in total. The molecule has 0 unspecified atom stereocenters. The molecule has 0 aliphatic heterocycles. The van der Waals surface area contributed by atoms with Crippen LogP contribution in [0.15, 0.2) is 34.3 Å². The standard InChI is InChI=1S/C12H6Cl2F4N2S/c13-6-2-9(19)8(15)3-10(6)21-11-7(14)1-5(4-20-11)12(16,17)18/h1-4H,19H2. The van der Waals surface area contributed by atoms with Crippen LogP contribution in [0, 0.1) is 5.82 Å². The van der Waals surface area contributed by atoms with Crippen molar-refractivity contribution in [3.8, 4) is 0 Å². The molecule has 112 valence electrons. The molecule has 9 heteroatoms. The third kappa shape index (κ3) is 3.72. The Morgan fingerprint density at radius 3 is 2.33 bits per heavy atom. The number of pyridine rings is 1. The van der Waals surface area contributed by atoms with E-state index >= 15 is 0 Å². The number of benzene rings is 1. The Labute approximate surface area is 131 Å². The van der Waals surface area contributed by atoms with E-state index in [1.54, 1.807) is 0 Å². The zero-order valence-corrected chi connectivity index (χ0v) is 12.3. The van der Waals surface area contributed by atoms with Crippen LogP contribution in [0.25, 0.3) is 0 Å². The monoisotopic (exact) mass is 356 g/mol. The van der Waals surface area contributed by atoms with Gasteiger partial charge in [0, 0.05) is 11.1 Å². The first-order chi connectivity index (χ1) is 9.68. The molecular weight excluding hydrogens is 351 g/mol. The molecule has 0 fully saturated rings. The van der Waals surface area contributed by atoms with Gasteiger partial charge in [0.2, 0.25) is 0 Å². The number of nitrogens with zero attached hydrogens (tertiary/aromatic N) is 1. The van der Waals surface area contributed by atoms with Gasteiger partial charge in [-0.25, -0.2) is 9.37 Å². The van der Waals surface area contributed by atoms with E-state index in [4.69, 9.17) is 28.9 Å². The summed E-state index contributed by atoms with van der Waals surface area (Å²) in [7, 11) is 0. The number of aromatic nitrogens is 1. The van der Waals surface area contributed by atoms with Gasteiger partial charge in [0.15, 0.2) is 0 Å². The first-order valence-electron chi connectivity index (χ1n) is 5.33. The summed E-state index contributed by atoms with van der Waals surface area (Å²) >= 11 is 12.5. The lowest BCUT2D eigenvalue weighted by Crippen LogP contribution is -2.05. The van der Waals surface area contributed by atoms with Gasteiger partial charge >= 0.3 is 6.18 Å². The van der Waals surface area contributed by atoms with E-state index < -0.39 is 17.6 Å². The number of hydrogen-bond donors (Lipinski definition) is 1. The van der Waals surface area contributed by atoms with Gasteiger partial charge in [-0.15, -0.1) is 0 Å². The van der Waals surface area contributed by atoms with Crippen LogP contribution < -0.4 is 5.73 Å². The lowest BCUT2D eigenvalue weighted by Gasteiger charge is -2.10. The summed E-state index contributed by atoms with van der Waals surface area (Å²) < 4.78 is 50.9. The van der Waals surface area contributed by atoms with E-state index in [0.717, 1.165) is 23.9 Å². The molecule has 2 rings (SSSR count). The van der Waals surface area contributed by atoms with Crippen molar-refractivity contribution in [2.75, 3.05) is 5.73 Å². The minimum Gasteiger partial charge on any atom is -0.396 e. The SMILES string of the molecule is Nc1cc(Cl)c(Sc2ncc(C(F)(F)F)cc2Cl)cc1F. The second-order valence-corrected chi connectivity index (χ2v) is 5.76. The molecule has 0 amide bonds. The summed E-state index contributed by atoms with van der Waals surface area (Å²) in [5, 5.41) is 0.0236. The average molecular weight is 357 g/mol. The number of alkyl halides is 3. The second-order valence-electron chi connectivity index (χ2n) is 3.91. The van der Waals surface area contributed by atoms with Gasteiger partial charge in [-0.3, -0.25) is 0 Å². The van der Waals surface area contributed by atoms with Gasteiger partial charge in [-0.05, 0) is 18.2 Å². The molecule has 0 saturated heterocycles. The summed E-state index contributed by atoms with van der Waals surface area (Å²) in [5.41, 5.74) is 4.25. The fraction of sp³-hybridized carbons (Fsp3) is 0.0833. The summed E-state index contributed by atoms with van der Waals surface area (Å²) in [4.78, 5) is 3.88. The largest absolute Gasteiger partial charge is 0.417 e. The molecule has 0 radical (unpaired) electrons. The van der Waals surface area contributed by atoms with Crippen molar-refractivity contribution in [2.45, 2.75) is 16.1 Å². The van der Waals surface area contributed by atoms with Gasteiger partial charge in [0.05, 0.1) is 21.3 Å². The van der Waals surface area contributed by atoms with Gasteiger partial charge in [0.25, 0.3) is 0 Å². The van der Waals surface area contributed by atoms with Crippen LogP contribution in [-0.2, 0) is 6.18 Å². The molecule has 0 saturated carbocycles. The Hall–Kier alpha value is -1.18. The highest BCUT2D eigenvalue weighted by atomic mass is 35.5. The molecular formula is C12H6Cl2F4N2S. The van der Waals surface area contributed by atoms with Crippen LogP contribution in [-0.4, -0.2) is 4.98 Å². The van der Waals surface area contributed by atoms with Crippen molar-refractivity contribution in [3.05, 3.63) is 45.8 Å². The highest BCUT2D eigenvalue weighted by molar-refractivity contribution is 7.99. The zero-order chi connectivity index (χ0) is 15.8. The molecule has 1 aromatic heterocycles. The lowest BCUT2D eigenvalue weighted by atomic mass is 10.3. The number of hydrogen-bond acceptors (Lipinski definition) is 3. The number of nitrogen functional groups attached to an aromatic ring is 1. The van der Waals surface area contributed by atoms with E-state index in [1.165, 1.54) is 6.07 Å². The van der Waals surface area contributed by atoms with Crippen molar-refractivity contribution in [1.29, 1.82) is 0 Å². The smallest absolute Gasteiger partial charge is 0.396 e. The molecule has 1 heterocycles. The quantitative estimate of drug-likeness (QED) is 0.587. The van der Waals surface area contributed by atoms with Crippen molar-refractivity contribution < 1.29 is 17.6 Å². The maximum Gasteiger partial charge on any atom is 0.417 e. The Balaban J connectivity index is 2.35. The van der Waals surface area contributed by atoms with Crippen LogP contribution in [0.2, 0.25) is 10.0 Å². The average Bonchev–Trinajstić information content (AvgIpc) is 2.36. The van der Waals surface area contributed by atoms with Crippen LogP contribution in [0.4, 0.5) is 23.2 Å². The molecule has 0 aliphatic rings. The van der Waals surface area contributed by atoms with Crippen molar-refractivity contribution >= 4 is 40.7 Å². The van der Waals surface area contributed by atoms with Crippen LogP contribution in [0.1, 0.15) is 5.56 Å². The minimum atomic E-state index is -4.54. The molecule has 2 aromatic rings. The van der Waals surface area contributed by atoms with Crippen LogP contribution >= 0.6 is 35.0 Å². The minimum absolute atomic E-state index is 0.0794. The number of anilines is 1. The maximum atomic E-state index is 13.4. The zero-order valence-electron chi connectivity index (χ0n) is 10.0. The molecule has 0 aliphatic carbocycles. The van der Waals surface area contributed by atoms with Gasteiger partial charge in [-0.1, -0.05) is 35.0 Å². The van der Waals surface area contributed by atoms with Crippen LogP contribution in [0.5, 0.6) is 0 Å². The van der Waals surface area contributed by atoms with E-state index in [-0.39, 0.29) is 25.7 Å².